The molecule has 98 valence electrons. The van der Waals surface area contributed by atoms with Crippen molar-refractivity contribution < 1.29 is 5.11 Å². The number of rotatable bonds is 8. The molecule has 1 N–H and O–H groups in total. The van der Waals surface area contributed by atoms with Crippen molar-refractivity contribution in [2.24, 2.45) is 0 Å². The topological polar surface area (TPSA) is 20.2 Å². The minimum Gasteiger partial charge on any atom is -0.369 e. The number of terminal acetylenes is 1. The SMILES string of the molecule is C#CC(O)C#CC#CCCCCCCCCCC. The molecular weight excluding hydrogens is 220 g/mol. The lowest BCUT2D eigenvalue weighted by atomic mass is 10.1. The fourth-order valence-corrected chi connectivity index (χ4v) is 1.60. The highest BCUT2D eigenvalue weighted by molar-refractivity contribution is 5.29. The first-order valence-corrected chi connectivity index (χ1v) is 6.93. The van der Waals surface area contributed by atoms with Crippen LogP contribution in [0.5, 0.6) is 0 Å². The van der Waals surface area contributed by atoms with Gasteiger partial charge in [-0.25, -0.2) is 0 Å². The Morgan fingerprint density at radius 2 is 1.56 bits per heavy atom. The van der Waals surface area contributed by atoms with Gasteiger partial charge in [0.25, 0.3) is 0 Å². The molecule has 0 rings (SSSR count). The van der Waals surface area contributed by atoms with Crippen LogP contribution in [0.15, 0.2) is 0 Å². The Morgan fingerprint density at radius 1 is 0.944 bits per heavy atom. The Morgan fingerprint density at radius 3 is 2.17 bits per heavy atom. The van der Waals surface area contributed by atoms with Crippen molar-refractivity contribution in [3.63, 3.8) is 0 Å². The first-order valence-electron chi connectivity index (χ1n) is 6.93. The van der Waals surface area contributed by atoms with Crippen LogP contribution in [0, 0.1) is 36.0 Å². The van der Waals surface area contributed by atoms with Gasteiger partial charge in [0.1, 0.15) is 0 Å². The summed E-state index contributed by atoms with van der Waals surface area (Å²) in [4.78, 5) is 0. The average molecular weight is 244 g/mol. The summed E-state index contributed by atoms with van der Waals surface area (Å²) >= 11 is 0. The van der Waals surface area contributed by atoms with Crippen LogP contribution in [0.25, 0.3) is 0 Å². The minimum absolute atomic E-state index is 0.885. The Balaban J connectivity index is 3.32. The fourth-order valence-electron chi connectivity index (χ4n) is 1.60. The van der Waals surface area contributed by atoms with Crippen molar-refractivity contribution in [1.29, 1.82) is 0 Å². The van der Waals surface area contributed by atoms with Gasteiger partial charge in [-0.05, 0) is 24.2 Å². The quantitative estimate of drug-likeness (QED) is 0.511. The lowest BCUT2D eigenvalue weighted by Gasteiger charge is -1.98. The maximum atomic E-state index is 8.94. The third-order valence-electron chi connectivity index (χ3n) is 2.67. The molecule has 1 nitrogen and oxygen atoms in total. The lowest BCUT2D eigenvalue weighted by molar-refractivity contribution is 0.290. The predicted molar refractivity (Wildman–Crippen MR) is 77.6 cm³/mol. The van der Waals surface area contributed by atoms with Crippen LogP contribution in [0.4, 0.5) is 0 Å². The molecule has 0 spiro atoms. The molecule has 1 atom stereocenters. The number of aliphatic hydroxyl groups excluding tert-OH is 1. The minimum atomic E-state index is -0.984. The van der Waals surface area contributed by atoms with E-state index in [0.29, 0.717) is 0 Å². The zero-order valence-corrected chi connectivity index (χ0v) is 11.5. The van der Waals surface area contributed by atoms with Gasteiger partial charge < -0.3 is 5.11 Å². The van der Waals surface area contributed by atoms with E-state index in [2.05, 4.69) is 36.5 Å². The Hall–Kier alpha value is -1.36. The maximum absolute atomic E-state index is 8.94. The maximum Gasteiger partial charge on any atom is 0.177 e. The molecule has 0 heterocycles. The summed E-state index contributed by atoms with van der Waals surface area (Å²) in [5.41, 5.74) is 0. The predicted octanol–water partition coefficient (Wildman–Crippen LogP) is 3.52. The molecule has 0 fully saturated rings. The molecule has 0 aromatic heterocycles. The summed E-state index contributed by atoms with van der Waals surface area (Å²) in [6, 6.07) is 0. The fraction of sp³-hybridized carbons (Fsp3) is 0.647. The van der Waals surface area contributed by atoms with Crippen molar-refractivity contribution >= 4 is 0 Å². The molecule has 0 radical (unpaired) electrons. The van der Waals surface area contributed by atoms with Crippen molar-refractivity contribution in [2.75, 3.05) is 0 Å². The highest BCUT2D eigenvalue weighted by atomic mass is 16.3. The summed E-state index contributed by atoms with van der Waals surface area (Å²) < 4.78 is 0. The van der Waals surface area contributed by atoms with Gasteiger partial charge in [-0.3, -0.25) is 0 Å². The second-order valence-corrected chi connectivity index (χ2v) is 4.37. The average Bonchev–Trinajstić information content (AvgIpc) is 2.39. The van der Waals surface area contributed by atoms with Crippen LogP contribution in [0.3, 0.4) is 0 Å². The summed E-state index contributed by atoms with van der Waals surface area (Å²) in [5, 5.41) is 8.94. The lowest BCUT2D eigenvalue weighted by Crippen LogP contribution is -1.95. The van der Waals surface area contributed by atoms with Gasteiger partial charge in [0, 0.05) is 6.42 Å². The van der Waals surface area contributed by atoms with E-state index in [1.165, 1.54) is 44.9 Å². The van der Waals surface area contributed by atoms with E-state index in [-0.39, 0.29) is 0 Å². The third kappa shape index (κ3) is 12.7. The van der Waals surface area contributed by atoms with E-state index in [1.807, 2.05) is 0 Å². The van der Waals surface area contributed by atoms with Gasteiger partial charge >= 0.3 is 0 Å². The van der Waals surface area contributed by atoms with E-state index >= 15 is 0 Å². The summed E-state index contributed by atoms with van der Waals surface area (Å²) in [7, 11) is 0. The Bertz CT molecular complexity index is 340. The molecule has 0 aromatic rings. The molecule has 0 bridgehead atoms. The van der Waals surface area contributed by atoms with E-state index in [4.69, 9.17) is 11.5 Å². The van der Waals surface area contributed by atoms with E-state index in [0.717, 1.165) is 12.8 Å². The van der Waals surface area contributed by atoms with Gasteiger partial charge in [-0.15, -0.1) is 6.42 Å². The van der Waals surface area contributed by atoms with Gasteiger partial charge in [0.15, 0.2) is 6.10 Å². The van der Waals surface area contributed by atoms with Crippen LogP contribution in [0.2, 0.25) is 0 Å². The zero-order chi connectivity index (χ0) is 13.5. The molecular formula is C17H24O. The normalized spacial score (nSPS) is 10.5. The first kappa shape index (κ1) is 16.6. The molecule has 1 unspecified atom stereocenters. The van der Waals surface area contributed by atoms with Crippen LogP contribution in [-0.2, 0) is 0 Å². The van der Waals surface area contributed by atoms with Gasteiger partial charge in [-0.2, -0.15) is 0 Å². The molecule has 0 saturated carbocycles. The number of hydrogen-bond acceptors (Lipinski definition) is 1. The molecule has 0 aliphatic heterocycles. The van der Waals surface area contributed by atoms with Crippen molar-refractivity contribution in [2.45, 2.75) is 70.8 Å². The molecule has 0 saturated heterocycles. The van der Waals surface area contributed by atoms with Crippen LogP contribution in [0.1, 0.15) is 64.7 Å². The zero-order valence-electron chi connectivity index (χ0n) is 11.5. The Kier molecular flexibility index (Phi) is 12.7. The summed E-state index contributed by atoms with van der Waals surface area (Å²) in [5.74, 6) is 12.8. The highest BCUT2D eigenvalue weighted by Gasteiger charge is 1.90. The second-order valence-electron chi connectivity index (χ2n) is 4.37. The van der Waals surface area contributed by atoms with Gasteiger partial charge in [0.05, 0.1) is 0 Å². The molecule has 0 aliphatic rings. The van der Waals surface area contributed by atoms with Crippen molar-refractivity contribution in [1.82, 2.24) is 0 Å². The monoisotopic (exact) mass is 244 g/mol. The largest absolute Gasteiger partial charge is 0.369 e. The van der Waals surface area contributed by atoms with Gasteiger partial charge in [-0.1, -0.05) is 63.7 Å². The van der Waals surface area contributed by atoms with Gasteiger partial charge in [0.2, 0.25) is 0 Å². The summed E-state index contributed by atoms with van der Waals surface area (Å²) in [6.07, 6.45) is 15.3. The first-order chi connectivity index (χ1) is 8.81. The van der Waals surface area contributed by atoms with E-state index < -0.39 is 6.10 Å². The van der Waals surface area contributed by atoms with Crippen LogP contribution >= 0.6 is 0 Å². The van der Waals surface area contributed by atoms with Crippen molar-refractivity contribution in [3.8, 4) is 36.0 Å². The third-order valence-corrected chi connectivity index (χ3v) is 2.67. The molecule has 18 heavy (non-hydrogen) atoms. The van der Waals surface area contributed by atoms with E-state index in [1.54, 1.807) is 0 Å². The van der Waals surface area contributed by atoms with E-state index in [9.17, 15) is 0 Å². The molecule has 0 aromatic carbocycles. The standard InChI is InChI=1S/C17H24O/c1-3-5-6-7-8-9-10-11-12-13-14-15-16-17(18)4-2/h2,17-18H,3,5-12H2,1H3. The number of hydrogen-bond donors (Lipinski definition) is 1. The van der Waals surface area contributed by atoms with Crippen LogP contribution in [-0.4, -0.2) is 11.2 Å². The Labute approximate surface area is 112 Å². The number of unbranched alkanes of at least 4 members (excludes halogenated alkanes) is 8. The highest BCUT2D eigenvalue weighted by Crippen LogP contribution is 2.08. The van der Waals surface area contributed by atoms with Crippen LogP contribution < -0.4 is 0 Å². The number of aliphatic hydroxyl groups is 1. The second kappa shape index (κ2) is 13.7. The molecule has 0 amide bonds. The van der Waals surface area contributed by atoms with Crippen molar-refractivity contribution in [3.05, 3.63) is 0 Å². The smallest absolute Gasteiger partial charge is 0.177 e. The molecule has 0 aliphatic carbocycles. The molecule has 1 heteroatoms. The summed E-state index contributed by atoms with van der Waals surface area (Å²) in [6.45, 7) is 2.24.